The van der Waals surface area contributed by atoms with Crippen molar-refractivity contribution in [2.45, 2.75) is 25.9 Å². The molecule has 5 rings (SSSR count). The first kappa shape index (κ1) is 23.4. The molecule has 0 saturated carbocycles. The zero-order valence-corrected chi connectivity index (χ0v) is 20.2. The van der Waals surface area contributed by atoms with E-state index in [2.05, 4.69) is 5.32 Å². The van der Waals surface area contributed by atoms with Gasteiger partial charge in [-0.3, -0.25) is 14.3 Å². The first-order chi connectivity index (χ1) is 17.6. The molecule has 7 heteroatoms. The Morgan fingerprint density at radius 2 is 1.75 bits per heavy atom. The minimum atomic E-state index is -0.241. The number of ether oxygens (including phenoxy) is 1. The predicted octanol–water partition coefficient (Wildman–Crippen LogP) is 4.98. The highest BCUT2D eigenvalue weighted by atomic mass is 16.5. The molecule has 36 heavy (non-hydrogen) atoms. The number of likely N-dealkylation sites (tertiary alicyclic amines) is 1. The zero-order chi connectivity index (χ0) is 24.9. The Hall–Kier alpha value is -4.39. The summed E-state index contributed by atoms with van der Waals surface area (Å²) in [6.45, 7) is 1.88. The Kier molecular flexibility index (Phi) is 6.80. The van der Waals surface area contributed by atoms with Gasteiger partial charge in [-0.2, -0.15) is 5.10 Å². The Labute approximate surface area is 210 Å². The number of amides is 2. The van der Waals surface area contributed by atoms with Gasteiger partial charge in [0.25, 0.3) is 5.91 Å². The molecule has 1 aliphatic heterocycles. The smallest absolute Gasteiger partial charge is 0.259 e. The monoisotopic (exact) mass is 480 g/mol. The fourth-order valence-corrected chi connectivity index (χ4v) is 4.44. The highest BCUT2D eigenvalue weighted by Crippen LogP contribution is 2.26. The Balaban J connectivity index is 1.41. The minimum absolute atomic E-state index is 0.180. The van der Waals surface area contributed by atoms with Crippen molar-refractivity contribution in [3.05, 3.63) is 102 Å². The summed E-state index contributed by atoms with van der Waals surface area (Å²) < 4.78 is 7.07. The summed E-state index contributed by atoms with van der Waals surface area (Å²) in [5, 5.41) is 7.78. The number of nitrogens with zero attached hydrogens (tertiary/aromatic N) is 3. The van der Waals surface area contributed by atoms with E-state index >= 15 is 0 Å². The van der Waals surface area contributed by atoms with E-state index < -0.39 is 0 Å². The van der Waals surface area contributed by atoms with Gasteiger partial charge in [0, 0.05) is 37.0 Å². The molecule has 1 aromatic heterocycles. The van der Waals surface area contributed by atoms with Gasteiger partial charge in [0.2, 0.25) is 5.91 Å². The largest absolute Gasteiger partial charge is 0.497 e. The van der Waals surface area contributed by atoms with E-state index in [4.69, 9.17) is 9.84 Å². The van der Waals surface area contributed by atoms with Crippen LogP contribution in [0.4, 0.5) is 5.69 Å². The lowest BCUT2D eigenvalue weighted by molar-refractivity contribution is -0.128. The Morgan fingerprint density at radius 3 is 2.47 bits per heavy atom. The van der Waals surface area contributed by atoms with Crippen LogP contribution in [0.5, 0.6) is 5.75 Å². The molecular weight excluding hydrogens is 452 g/mol. The highest BCUT2D eigenvalue weighted by molar-refractivity contribution is 6.08. The van der Waals surface area contributed by atoms with E-state index in [1.165, 1.54) is 0 Å². The molecule has 182 valence electrons. The van der Waals surface area contributed by atoms with Crippen molar-refractivity contribution >= 4 is 17.5 Å². The summed E-state index contributed by atoms with van der Waals surface area (Å²) in [5.41, 5.74) is 4.67. The number of hydrogen-bond acceptors (Lipinski definition) is 4. The fourth-order valence-electron chi connectivity index (χ4n) is 4.44. The quantitative estimate of drug-likeness (QED) is 0.386. The van der Waals surface area contributed by atoms with Crippen LogP contribution in [0.2, 0.25) is 0 Å². The molecule has 7 nitrogen and oxygen atoms in total. The van der Waals surface area contributed by atoms with Crippen LogP contribution in [0, 0.1) is 0 Å². The van der Waals surface area contributed by atoms with Crippen LogP contribution in [0.1, 0.15) is 34.3 Å². The predicted molar refractivity (Wildman–Crippen MR) is 139 cm³/mol. The maximum Gasteiger partial charge on any atom is 0.259 e. The molecule has 0 spiro atoms. The molecule has 0 radical (unpaired) electrons. The van der Waals surface area contributed by atoms with Crippen molar-refractivity contribution in [2.24, 2.45) is 0 Å². The van der Waals surface area contributed by atoms with Crippen LogP contribution < -0.4 is 10.1 Å². The van der Waals surface area contributed by atoms with Crippen LogP contribution in [-0.2, 0) is 17.9 Å². The first-order valence-electron chi connectivity index (χ1n) is 12.0. The number of carbonyl (C=O) groups excluding carboxylic acids is 2. The van der Waals surface area contributed by atoms with Crippen LogP contribution >= 0.6 is 0 Å². The second kappa shape index (κ2) is 10.5. The number of aromatic nitrogens is 2. The summed E-state index contributed by atoms with van der Waals surface area (Å²) in [5.74, 6) is 0.677. The fraction of sp³-hybridized carbons (Fsp3) is 0.207. The van der Waals surface area contributed by atoms with Crippen molar-refractivity contribution in [1.82, 2.24) is 14.7 Å². The summed E-state index contributed by atoms with van der Waals surface area (Å²) in [6, 6.07) is 25.2. The number of methoxy groups -OCH3 is 1. The number of anilines is 1. The third kappa shape index (κ3) is 5.30. The van der Waals surface area contributed by atoms with Gasteiger partial charge >= 0.3 is 0 Å². The topological polar surface area (TPSA) is 76.5 Å². The van der Waals surface area contributed by atoms with E-state index in [0.717, 1.165) is 35.4 Å². The Morgan fingerprint density at radius 1 is 0.972 bits per heavy atom. The van der Waals surface area contributed by atoms with E-state index in [-0.39, 0.29) is 11.8 Å². The second-order valence-electron chi connectivity index (χ2n) is 8.88. The van der Waals surface area contributed by atoms with Gasteiger partial charge in [0.05, 0.1) is 19.2 Å². The third-order valence-electron chi connectivity index (χ3n) is 6.29. The normalized spacial score (nSPS) is 13.1. The molecule has 0 unspecified atom stereocenters. The molecular formula is C29H28N4O3. The van der Waals surface area contributed by atoms with Crippen molar-refractivity contribution in [3.63, 3.8) is 0 Å². The number of rotatable bonds is 8. The maximum atomic E-state index is 13.5. The van der Waals surface area contributed by atoms with E-state index in [1.54, 1.807) is 18.0 Å². The third-order valence-corrected chi connectivity index (χ3v) is 6.29. The summed E-state index contributed by atoms with van der Waals surface area (Å²) >= 11 is 0. The van der Waals surface area contributed by atoms with Gasteiger partial charge in [-0.05, 0) is 53.9 Å². The number of carbonyl (C=O) groups is 2. The molecule has 0 atom stereocenters. The van der Waals surface area contributed by atoms with Crippen molar-refractivity contribution in [2.75, 3.05) is 19.0 Å². The highest BCUT2D eigenvalue weighted by Gasteiger charge is 2.21. The lowest BCUT2D eigenvalue weighted by atomic mass is 10.1. The Bertz CT molecular complexity index is 1360. The van der Waals surface area contributed by atoms with E-state index in [9.17, 15) is 9.59 Å². The van der Waals surface area contributed by atoms with Crippen molar-refractivity contribution in [1.29, 1.82) is 0 Å². The molecule has 2 heterocycles. The standard InChI is InChI=1S/C29H28N4O3/c1-36-25-14-12-23(13-15-25)28-26(20-33(31-28)19-21-7-3-2-4-8-21)29(35)30-24-10-5-9-22(17-24)18-32-16-6-11-27(32)34/h2-5,7-10,12-15,17,20H,6,11,16,18-19H2,1H3,(H,30,35). The molecule has 1 aliphatic rings. The molecule has 1 saturated heterocycles. The van der Waals surface area contributed by atoms with Crippen LogP contribution in [0.3, 0.4) is 0 Å². The SMILES string of the molecule is COc1ccc(-c2nn(Cc3ccccc3)cc2C(=O)Nc2cccc(CN3CCCC3=O)c2)cc1. The second-order valence-corrected chi connectivity index (χ2v) is 8.88. The summed E-state index contributed by atoms with van der Waals surface area (Å²) in [4.78, 5) is 27.3. The minimum Gasteiger partial charge on any atom is -0.497 e. The lowest BCUT2D eigenvalue weighted by Gasteiger charge is -2.16. The number of benzene rings is 3. The van der Waals surface area contributed by atoms with Gasteiger partial charge in [-0.1, -0.05) is 42.5 Å². The number of nitrogens with one attached hydrogen (secondary N) is 1. The first-order valence-corrected chi connectivity index (χ1v) is 12.0. The van der Waals surface area contributed by atoms with Crippen LogP contribution in [0.25, 0.3) is 11.3 Å². The molecule has 0 aliphatic carbocycles. The molecule has 1 N–H and O–H groups in total. The average molecular weight is 481 g/mol. The molecule has 1 fully saturated rings. The lowest BCUT2D eigenvalue weighted by Crippen LogP contribution is -2.23. The van der Waals surface area contributed by atoms with Gasteiger partial charge in [-0.25, -0.2) is 0 Å². The van der Waals surface area contributed by atoms with Crippen LogP contribution in [-0.4, -0.2) is 40.1 Å². The summed E-state index contributed by atoms with van der Waals surface area (Å²) in [6.07, 6.45) is 3.29. The molecule has 2 amide bonds. The van der Waals surface area contributed by atoms with Gasteiger partial charge < -0.3 is 15.0 Å². The van der Waals surface area contributed by atoms with Crippen molar-refractivity contribution in [3.8, 4) is 17.0 Å². The van der Waals surface area contributed by atoms with Gasteiger partial charge in [0.1, 0.15) is 11.4 Å². The summed E-state index contributed by atoms with van der Waals surface area (Å²) in [7, 11) is 1.62. The number of hydrogen-bond donors (Lipinski definition) is 1. The van der Waals surface area contributed by atoms with Gasteiger partial charge in [-0.15, -0.1) is 0 Å². The van der Waals surface area contributed by atoms with Crippen molar-refractivity contribution < 1.29 is 14.3 Å². The maximum absolute atomic E-state index is 13.5. The molecule has 3 aromatic carbocycles. The average Bonchev–Trinajstić information content (AvgIpc) is 3.51. The van der Waals surface area contributed by atoms with Gasteiger partial charge in [0.15, 0.2) is 0 Å². The van der Waals surface area contributed by atoms with E-state index in [1.807, 2.05) is 83.8 Å². The van der Waals surface area contributed by atoms with E-state index in [0.29, 0.717) is 36.5 Å². The van der Waals surface area contributed by atoms with Crippen LogP contribution in [0.15, 0.2) is 85.1 Å². The zero-order valence-electron chi connectivity index (χ0n) is 20.2. The molecule has 0 bridgehead atoms. The molecule has 4 aromatic rings.